The van der Waals surface area contributed by atoms with Crippen LogP contribution in [0.2, 0.25) is 0 Å². The number of anilines is 3. The van der Waals surface area contributed by atoms with Gasteiger partial charge in [-0.1, -0.05) is 27.7 Å². The van der Waals surface area contributed by atoms with Crippen LogP contribution in [-0.4, -0.2) is 60.4 Å². The van der Waals surface area contributed by atoms with Crippen LogP contribution in [0, 0.1) is 6.92 Å². The molecule has 0 bridgehead atoms. The molecule has 3 aromatic rings. The fraction of sp³-hybridized carbons (Fsp3) is 0.481. The Labute approximate surface area is 219 Å². The van der Waals surface area contributed by atoms with Crippen LogP contribution in [0.3, 0.4) is 0 Å². The Bertz CT molecular complexity index is 1220. The third-order valence-corrected chi connectivity index (χ3v) is 5.53. The zero-order valence-corrected chi connectivity index (χ0v) is 23.1. The van der Waals surface area contributed by atoms with E-state index < -0.39 is 0 Å². The summed E-state index contributed by atoms with van der Waals surface area (Å²) in [6, 6.07) is 7.41. The maximum atomic E-state index is 12.8. The van der Waals surface area contributed by atoms with Gasteiger partial charge in [-0.2, -0.15) is 4.98 Å². The number of ether oxygens (including phenoxy) is 2. The highest BCUT2D eigenvalue weighted by molar-refractivity contribution is 5.85. The number of aromatic nitrogens is 3. The number of aryl methyl sites for hydroxylation is 2. The molecule has 2 N–H and O–H groups in total. The molecule has 4 rings (SSSR count). The van der Waals surface area contributed by atoms with E-state index in [4.69, 9.17) is 14.5 Å². The summed E-state index contributed by atoms with van der Waals surface area (Å²) in [5.41, 5.74) is 2.25. The SMILES string of the molecule is CC.CC.CCn1c(=O)c(OCC(=O)NC)cc2cc(Nc3nc(N4CCOCC4)ncc3C)ccc21. The number of rotatable bonds is 7. The van der Waals surface area contributed by atoms with Gasteiger partial charge in [0, 0.05) is 49.5 Å². The molecule has 10 heteroatoms. The van der Waals surface area contributed by atoms with Gasteiger partial charge >= 0.3 is 0 Å². The van der Waals surface area contributed by atoms with Gasteiger partial charge in [0.05, 0.1) is 18.7 Å². The summed E-state index contributed by atoms with van der Waals surface area (Å²) < 4.78 is 12.5. The largest absolute Gasteiger partial charge is 0.478 e. The minimum absolute atomic E-state index is 0.137. The van der Waals surface area contributed by atoms with Gasteiger partial charge in [0.15, 0.2) is 12.4 Å². The molecule has 0 aliphatic carbocycles. The van der Waals surface area contributed by atoms with E-state index in [0.717, 1.165) is 35.2 Å². The maximum Gasteiger partial charge on any atom is 0.293 e. The minimum atomic E-state index is -0.303. The number of carbonyl (C=O) groups is 1. The van der Waals surface area contributed by atoms with Gasteiger partial charge in [0.1, 0.15) is 5.82 Å². The summed E-state index contributed by atoms with van der Waals surface area (Å²) in [7, 11) is 1.52. The number of nitrogens with one attached hydrogen (secondary N) is 2. The molecule has 0 radical (unpaired) electrons. The predicted octanol–water partition coefficient (Wildman–Crippen LogP) is 3.88. The highest BCUT2D eigenvalue weighted by Crippen LogP contribution is 2.25. The predicted molar refractivity (Wildman–Crippen MR) is 149 cm³/mol. The van der Waals surface area contributed by atoms with Crippen LogP contribution >= 0.6 is 0 Å². The summed E-state index contributed by atoms with van der Waals surface area (Å²) in [6.07, 6.45) is 1.81. The second-order valence-corrected chi connectivity index (χ2v) is 7.72. The van der Waals surface area contributed by atoms with Crippen LogP contribution in [-0.2, 0) is 16.1 Å². The standard InChI is InChI=1S/C23H28N6O4.2C2H6/c1-4-29-18-6-5-17(11-16(18)12-19(22(29)31)33-14-20(30)24-3)26-21-15(2)13-25-23(27-21)28-7-9-32-10-8-28;2*1-2/h5-6,11-13H,4,7-10,14H2,1-3H3,(H,24,30)(H,25,26,27);2*1-2H3. The monoisotopic (exact) mass is 512 g/mol. The van der Waals surface area contributed by atoms with Crippen molar-refractivity contribution in [3.8, 4) is 5.75 Å². The minimum Gasteiger partial charge on any atom is -0.478 e. The molecule has 1 saturated heterocycles. The molecule has 1 aromatic carbocycles. The van der Waals surface area contributed by atoms with Crippen molar-refractivity contribution in [2.24, 2.45) is 0 Å². The van der Waals surface area contributed by atoms with Crippen molar-refractivity contribution in [2.45, 2.75) is 48.1 Å². The number of nitrogens with zero attached hydrogens (tertiary/aromatic N) is 4. The number of hydrogen-bond donors (Lipinski definition) is 2. The second-order valence-electron chi connectivity index (χ2n) is 7.72. The summed E-state index contributed by atoms with van der Waals surface area (Å²) >= 11 is 0. The molecule has 202 valence electrons. The van der Waals surface area contributed by atoms with Crippen LogP contribution in [0.5, 0.6) is 5.75 Å². The molecular weight excluding hydrogens is 472 g/mol. The highest BCUT2D eigenvalue weighted by Gasteiger charge is 2.16. The first-order valence-electron chi connectivity index (χ1n) is 12.9. The zero-order valence-electron chi connectivity index (χ0n) is 23.1. The van der Waals surface area contributed by atoms with Crippen molar-refractivity contribution in [3.63, 3.8) is 0 Å². The van der Waals surface area contributed by atoms with Crippen LogP contribution in [0.1, 0.15) is 40.2 Å². The van der Waals surface area contributed by atoms with Gasteiger partial charge in [-0.15, -0.1) is 0 Å². The van der Waals surface area contributed by atoms with E-state index in [1.807, 2.05) is 59.7 Å². The fourth-order valence-electron chi connectivity index (χ4n) is 3.68. The van der Waals surface area contributed by atoms with Crippen LogP contribution < -0.4 is 25.8 Å². The number of benzene rings is 1. The van der Waals surface area contributed by atoms with Gasteiger partial charge in [-0.3, -0.25) is 9.59 Å². The molecule has 1 amide bonds. The van der Waals surface area contributed by atoms with Crippen molar-refractivity contribution in [2.75, 3.05) is 50.2 Å². The Kier molecular flexibility index (Phi) is 11.8. The summed E-state index contributed by atoms with van der Waals surface area (Å²) in [5.74, 6) is 1.21. The van der Waals surface area contributed by atoms with E-state index in [1.54, 1.807) is 16.8 Å². The average Bonchev–Trinajstić information content (AvgIpc) is 2.95. The number of carbonyl (C=O) groups excluding carboxylic acids is 1. The number of likely N-dealkylation sites (N-methyl/N-ethyl adjacent to an activating group) is 1. The zero-order chi connectivity index (χ0) is 27.4. The Morgan fingerprint density at radius 1 is 1.14 bits per heavy atom. The van der Waals surface area contributed by atoms with Crippen molar-refractivity contribution >= 4 is 34.3 Å². The highest BCUT2D eigenvalue weighted by atomic mass is 16.5. The first-order chi connectivity index (χ1) is 18.0. The van der Waals surface area contributed by atoms with E-state index in [9.17, 15) is 9.59 Å². The van der Waals surface area contributed by atoms with Crippen molar-refractivity contribution in [1.29, 1.82) is 0 Å². The van der Waals surface area contributed by atoms with Crippen molar-refractivity contribution < 1.29 is 14.3 Å². The van der Waals surface area contributed by atoms with Crippen LogP contribution in [0.25, 0.3) is 10.9 Å². The summed E-state index contributed by atoms with van der Waals surface area (Å²) in [5, 5.41) is 6.67. The quantitative estimate of drug-likeness (QED) is 0.491. The normalized spacial score (nSPS) is 12.6. The Hall–Kier alpha value is -3.66. The Morgan fingerprint density at radius 3 is 2.49 bits per heavy atom. The van der Waals surface area contributed by atoms with Crippen LogP contribution in [0.4, 0.5) is 17.5 Å². The number of pyridine rings is 1. The molecule has 0 unspecified atom stereocenters. The lowest BCUT2D eigenvalue weighted by Gasteiger charge is -2.27. The number of morpholine rings is 1. The molecule has 2 aromatic heterocycles. The lowest BCUT2D eigenvalue weighted by Crippen LogP contribution is -2.37. The van der Waals surface area contributed by atoms with E-state index in [1.165, 1.54) is 7.05 Å². The summed E-state index contributed by atoms with van der Waals surface area (Å²) in [4.78, 5) is 35.6. The molecule has 1 aliphatic heterocycles. The molecule has 1 aliphatic rings. The molecule has 3 heterocycles. The number of hydrogen-bond acceptors (Lipinski definition) is 8. The Balaban J connectivity index is 0.00000115. The lowest BCUT2D eigenvalue weighted by atomic mass is 10.1. The van der Waals surface area contributed by atoms with Gasteiger partial charge < -0.3 is 29.6 Å². The molecule has 0 atom stereocenters. The molecule has 0 spiro atoms. The van der Waals surface area contributed by atoms with Crippen molar-refractivity contribution in [1.82, 2.24) is 19.9 Å². The number of amides is 1. The topological polar surface area (TPSA) is 111 Å². The number of fused-ring (bicyclic) bond motifs is 1. The smallest absolute Gasteiger partial charge is 0.293 e. The third-order valence-electron chi connectivity index (χ3n) is 5.53. The third kappa shape index (κ3) is 7.42. The van der Waals surface area contributed by atoms with E-state index >= 15 is 0 Å². The van der Waals surface area contributed by atoms with Crippen LogP contribution in [0.15, 0.2) is 35.3 Å². The lowest BCUT2D eigenvalue weighted by molar-refractivity contribution is -0.122. The van der Waals surface area contributed by atoms with E-state index in [2.05, 4.69) is 20.5 Å². The second kappa shape index (κ2) is 14.8. The molecule has 37 heavy (non-hydrogen) atoms. The first-order valence-corrected chi connectivity index (χ1v) is 12.9. The van der Waals surface area contributed by atoms with Gasteiger partial charge in [0.25, 0.3) is 11.5 Å². The first kappa shape index (κ1) is 29.6. The molecular formula is C27H40N6O4. The average molecular weight is 513 g/mol. The van der Waals surface area contributed by atoms with Crippen molar-refractivity contribution in [3.05, 3.63) is 46.4 Å². The van der Waals surface area contributed by atoms with E-state index in [-0.39, 0.29) is 23.8 Å². The van der Waals surface area contributed by atoms with E-state index in [0.29, 0.717) is 31.5 Å². The maximum absolute atomic E-state index is 12.8. The van der Waals surface area contributed by atoms with Gasteiger partial charge in [-0.25, -0.2) is 4.98 Å². The molecule has 10 nitrogen and oxygen atoms in total. The van der Waals surface area contributed by atoms with Gasteiger partial charge in [-0.05, 0) is 38.1 Å². The molecule has 0 saturated carbocycles. The fourth-order valence-corrected chi connectivity index (χ4v) is 3.68. The molecule has 1 fully saturated rings. The Morgan fingerprint density at radius 2 is 1.84 bits per heavy atom. The van der Waals surface area contributed by atoms with Gasteiger partial charge in [0.2, 0.25) is 5.95 Å². The summed E-state index contributed by atoms with van der Waals surface area (Å²) in [6.45, 7) is 14.9.